The van der Waals surface area contributed by atoms with Crippen molar-refractivity contribution in [3.05, 3.63) is 92.3 Å². The maximum Gasteiger partial charge on any atom is 0.416 e. The lowest BCUT2D eigenvalue weighted by atomic mass is 10.1. The summed E-state index contributed by atoms with van der Waals surface area (Å²) in [4.78, 5) is 38.7. The number of alkyl halides is 3. The number of nitrogens with one attached hydrogen (secondary N) is 1. The van der Waals surface area contributed by atoms with Crippen molar-refractivity contribution in [2.24, 2.45) is 0 Å². The minimum Gasteiger partial charge on any atom is -0.495 e. The van der Waals surface area contributed by atoms with Crippen molar-refractivity contribution < 1.29 is 37.0 Å². The van der Waals surface area contributed by atoms with Gasteiger partial charge in [-0.1, -0.05) is 24.3 Å². The summed E-state index contributed by atoms with van der Waals surface area (Å²) in [6.45, 7) is -0.545. The molecule has 0 bridgehead atoms. The highest BCUT2D eigenvalue weighted by atomic mass is 79.9. The maximum atomic E-state index is 13.1. The molecule has 1 saturated heterocycles. The number of amides is 3. The van der Waals surface area contributed by atoms with Crippen LogP contribution in [0.1, 0.15) is 22.3 Å². The molecule has 1 aliphatic rings. The molecule has 1 heterocycles. The van der Waals surface area contributed by atoms with Gasteiger partial charge in [-0.3, -0.25) is 19.3 Å². The van der Waals surface area contributed by atoms with Crippen LogP contribution in [0, 0.1) is 11.3 Å². The molecule has 210 valence electrons. The second-order valence-corrected chi connectivity index (χ2v) is 10.3. The molecular formula is C28H19BrF3N3O5S. The molecule has 8 nitrogen and oxygen atoms in total. The zero-order chi connectivity index (χ0) is 29.7. The number of hydrogen-bond acceptors (Lipinski definition) is 7. The topological polar surface area (TPSA) is 109 Å². The molecule has 3 amide bonds. The van der Waals surface area contributed by atoms with Crippen LogP contribution in [0.5, 0.6) is 11.5 Å². The summed E-state index contributed by atoms with van der Waals surface area (Å²) >= 11 is 4.04. The van der Waals surface area contributed by atoms with E-state index in [1.165, 1.54) is 13.2 Å². The molecule has 4 rings (SSSR count). The highest BCUT2D eigenvalue weighted by Gasteiger charge is 2.37. The van der Waals surface area contributed by atoms with E-state index >= 15 is 0 Å². The van der Waals surface area contributed by atoms with Gasteiger partial charge in [0, 0.05) is 5.56 Å². The van der Waals surface area contributed by atoms with Crippen LogP contribution in [0.3, 0.4) is 0 Å². The van der Waals surface area contributed by atoms with Gasteiger partial charge in [0.25, 0.3) is 11.1 Å². The second-order valence-electron chi connectivity index (χ2n) is 8.48. The Kier molecular flexibility index (Phi) is 9.05. The van der Waals surface area contributed by atoms with Crippen LogP contribution >= 0.6 is 27.7 Å². The predicted octanol–water partition coefficient (Wildman–Crippen LogP) is 6.60. The van der Waals surface area contributed by atoms with Crippen LogP contribution in [0.25, 0.3) is 6.08 Å². The van der Waals surface area contributed by atoms with Crippen LogP contribution < -0.4 is 14.8 Å². The summed E-state index contributed by atoms with van der Waals surface area (Å²) in [6.07, 6.45) is -3.18. The number of thioether (sulfide) groups is 1. The largest absolute Gasteiger partial charge is 0.495 e. The maximum absolute atomic E-state index is 13.1. The second kappa shape index (κ2) is 12.5. The molecule has 0 spiro atoms. The molecule has 0 aromatic heterocycles. The quantitative estimate of drug-likeness (QED) is 0.275. The smallest absolute Gasteiger partial charge is 0.416 e. The van der Waals surface area contributed by atoms with Gasteiger partial charge in [0.2, 0.25) is 5.91 Å². The fourth-order valence-corrected chi connectivity index (χ4v) is 5.09. The van der Waals surface area contributed by atoms with Gasteiger partial charge >= 0.3 is 6.18 Å². The molecule has 0 radical (unpaired) electrons. The molecule has 0 saturated carbocycles. The van der Waals surface area contributed by atoms with Gasteiger partial charge in [-0.25, -0.2) is 0 Å². The third-order valence-electron chi connectivity index (χ3n) is 5.75. The first-order chi connectivity index (χ1) is 19.5. The molecular weight excluding hydrogens is 627 g/mol. The number of carbonyl (C=O) groups is 3. The van der Waals surface area contributed by atoms with Crippen molar-refractivity contribution in [2.75, 3.05) is 19.0 Å². The first kappa shape index (κ1) is 29.7. The minimum absolute atomic E-state index is 0.0207. The Hall–Kier alpha value is -4.28. The third-order valence-corrected chi connectivity index (χ3v) is 7.28. The molecule has 3 aromatic rings. The summed E-state index contributed by atoms with van der Waals surface area (Å²) < 4.78 is 50.7. The Labute approximate surface area is 244 Å². The number of methoxy groups -OCH3 is 1. The zero-order valence-electron chi connectivity index (χ0n) is 21.1. The van der Waals surface area contributed by atoms with E-state index in [2.05, 4.69) is 27.3 Å². The van der Waals surface area contributed by atoms with Crippen molar-refractivity contribution in [1.29, 1.82) is 5.26 Å². The molecule has 1 aliphatic heterocycles. The van der Waals surface area contributed by atoms with Gasteiger partial charge in [-0.05, 0) is 75.7 Å². The standard InChI is InChI=1S/C28H19BrF3N3O5S/c1-39-23-9-7-19(28(30,31)32)12-21(23)34-25(36)14-35-26(37)24(41-27(35)38)11-16-6-8-22(20(29)10-16)40-15-18-5-3-2-4-17(18)13-33/h2-12H,14-15H2,1H3,(H,34,36)/b24-11-. The molecule has 0 atom stereocenters. The van der Waals surface area contributed by atoms with Crippen molar-refractivity contribution >= 4 is 56.5 Å². The van der Waals surface area contributed by atoms with E-state index < -0.39 is 35.3 Å². The predicted molar refractivity (Wildman–Crippen MR) is 149 cm³/mol. The lowest BCUT2D eigenvalue weighted by Crippen LogP contribution is -2.36. The summed E-state index contributed by atoms with van der Waals surface area (Å²) in [6, 6.07) is 16.7. The number of benzene rings is 3. The number of nitriles is 1. The van der Waals surface area contributed by atoms with Crippen LogP contribution in [0.4, 0.5) is 23.7 Å². The Balaban J connectivity index is 1.43. The number of hydrogen-bond donors (Lipinski definition) is 1. The summed E-state index contributed by atoms with van der Waals surface area (Å²) in [7, 11) is 1.23. The molecule has 41 heavy (non-hydrogen) atoms. The fourth-order valence-electron chi connectivity index (χ4n) is 3.74. The van der Waals surface area contributed by atoms with Gasteiger partial charge in [0.15, 0.2) is 0 Å². The highest BCUT2D eigenvalue weighted by Crippen LogP contribution is 2.36. The van der Waals surface area contributed by atoms with Crippen molar-refractivity contribution in [2.45, 2.75) is 12.8 Å². The van der Waals surface area contributed by atoms with E-state index in [4.69, 9.17) is 9.47 Å². The summed E-state index contributed by atoms with van der Waals surface area (Å²) in [5, 5.41) is 10.8. The third kappa shape index (κ3) is 7.08. The summed E-state index contributed by atoms with van der Waals surface area (Å²) in [5.41, 5.74) is 0.523. The SMILES string of the molecule is COc1ccc(C(F)(F)F)cc1NC(=O)CN1C(=O)S/C(=C\c2ccc(OCc3ccccc3C#N)c(Br)c2)C1=O. The lowest BCUT2D eigenvalue weighted by Gasteiger charge is -2.16. The Morgan fingerprint density at radius 2 is 1.85 bits per heavy atom. The van der Waals surface area contributed by atoms with Gasteiger partial charge in [0.05, 0.1) is 39.4 Å². The number of carbonyl (C=O) groups excluding carboxylic acids is 3. The Morgan fingerprint density at radius 1 is 1.12 bits per heavy atom. The highest BCUT2D eigenvalue weighted by molar-refractivity contribution is 9.10. The number of imide groups is 1. The molecule has 3 aromatic carbocycles. The molecule has 1 N–H and O–H groups in total. The zero-order valence-corrected chi connectivity index (χ0v) is 23.5. The normalized spacial score (nSPS) is 14.2. The van der Waals surface area contributed by atoms with E-state index in [0.29, 0.717) is 44.1 Å². The number of nitrogens with zero attached hydrogens (tertiary/aromatic N) is 2. The first-order valence-corrected chi connectivity index (χ1v) is 13.3. The van der Waals surface area contributed by atoms with Gasteiger partial charge in [0.1, 0.15) is 24.7 Å². The number of halogens is 4. The Bertz CT molecular complexity index is 1600. The summed E-state index contributed by atoms with van der Waals surface area (Å²) in [5.74, 6) is -1.14. The van der Waals surface area contributed by atoms with Crippen LogP contribution in [-0.2, 0) is 22.4 Å². The van der Waals surface area contributed by atoms with Crippen LogP contribution in [0.2, 0.25) is 0 Å². The van der Waals surface area contributed by atoms with Crippen LogP contribution in [-0.4, -0.2) is 35.6 Å². The van der Waals surface area contributed by atoms with E-state index in [1.807, 2.05) is 0 Å². The Morgan fingerprint density at radius 3 is 2.54 bits per heavy atom. The van der Waals surface area contributed by atoms with E-state index in [9.17, 15) is 32.8 Å². The van der Waals surface area contributed by atoms with Crippen molar-refractivity contribution in [1.82, 2.24) is 4.90 Å². The van der Waals surface area contributed by atoms with Gasteiger partial charge < -0.3 is 14.8 Å². The van der Waals surface area contributed by atoms with E-state index in [0.717, 1.165) is 17.7 Å². The van der Waals surface area contributed by atoms with Gasteiger partial charge in [-0.15, -0.1) is 0 Å². The molecule has 0 aliphatic carbocycles. The number of rotatable bonds is 8. The average molecular weight is 646 g/mol. The monoisotopic (exact) mass is 645 g/mol. The van der Waals surface area contributed by atoms with E-state index in [-0.39, 0.29) is 22.9 Å². The minimum atomic E-state index is -4.65. The van der Waals surface area contributed by atoms with Crippen molar-refractivity contribution in [3.63, 3.8) is 0 Å². The van der Waals surface area contributed by atoms with E-state index in [1.54, 1.807) is 42.5 Å². The van der Waals surface area contributed by atoms with Gasteiger partial charge in [-0.2, -0.15) is 18.4 Å². The van der Waals surface area contributed by atoms with Crippen molar-refractivity contribution in [3.8, 4) is 17.6 Å². The molecule has 1 fully saturated rings. The van der Waals surface area contributed by atoms with Crippen LogP contribution in [0.15, 0.2) is 70.0 Å². The fraction of sp³-hybridized carbons (Fsp3) is 0.143. The average Bonchev–Trinajstić information content (AvgIpc) is 3.19. The number of anilines is 1. The lowest BCUT2D eigenvalue weighted by molar-refractivity contribution is -0.137. The number of ether oxygens (including phenoxy) is 2. The molecule has 0 unspecified atom stereocenters. The first-order valence-electron chi connectivity index (χ1n) is 11.7. The molecule has 13 heteroatoms.